The maximum atomic E-state index is 13.8. The summed E-state index contributed by atoms with van der Waals surface area (Å²) in [7, 11) is 0. The number of alkyl halides is 3. The van der Waals surface area contributed by atoms with Gasteiger partial charge in [-0.25, -0.2) is 4.39 Å². The van der Waals surface area contributed by atoms with Crippen LogP contribution in [0.3, 0.4) is 0 Å². The SMILES string of the molecule is CC[C@H](CCC(=O)O)OCCCC(C)c1cncc(COCc2ccc(OC(F)(F)F)c(F)c2)c1. The third-order valence-electron chi connectivity index (χ3n) is 5.42. The quantitative estimate of drug-likeness (QED) is 0.225. The van der Waals surface area contributed by atoms with Gasteiger partial charge in [0.2, 0.25) is 0 Å². The number of nitrogens with zero attached hydrogens (tertiary/aromatic N) is 1. The van der Waals surface area contributed by atoms with E-state index in [1.807, 2.05) is 13.0 Å². The molecular weight excluding hydrogens is 470 g/mol. The summed E-state index contributed by atoms with van der Waals surface area (Å²) in [5.41, 5.74) is 2.23. The molecule has 0 radical (unpaired) electrons. The molecule has 6 nitrogen and oxygen atoms in total. The molecule has 0 spiro atoms. The second kappa shape index (κ2) is 14.0. The van der Waals surface area contributed by atoms with Crippen LogP contribution in [0, 0.1) is 5.82 Å². The molecule has 1 aromatic carbocycles. The average molecular weight is 502 g/mol. The van der Waals surface area contributed by atoms with Gasteiger partial charge in [-0.2, -0.15) is 0 Å². The third-order valence-corrected chi connectivity index (χ3v) is 5.42. The van der Waals surface area contributed by atoms with Crippen molar-refractivity contribution in [3.63, 3.8) is 0 Å². The molecule has 0 saturated heterocycles. The van der Waals surface area contributed by atoms with Crippen LogP contribution in [0.1, 0.15) is 68.6 Å². The van der Waals surface area contributed by atoms with Gasteiger partial charge in [0.1, 0.15) is 0 Å². The standard InChI is InChI=1S/C25H31F4NO5/c1-3-21(7-9-24(31)32)34-10-4-5-17(2)20-11-19(13-30-14-20)16-33-15-18-6-8-23(22(26)12-18)35-25(27,28)29/h6,8,11-14,17,21H,3-5,7,9-10,15-16H2,1-2H3,(H,31,32)/t17?,21-/m1/s1. The monoisotopic (exact) mass is 501 g/mol. The predicted molar refractivity (Wildman–Crippen MR) is 120 cm³/mol. The van der Waals surface area contributed by atoms with Crippen LogP contribution in [0.2, 0.25) is 0 Å². The van der Waals surface area contributed by atoms with Crippen LogP contribution in [0.25, 0.3) is 0 Å². The number of hydrogen-bond donors (Lipinski definition) is 1. The molecule has 1 N–H and O–H groups in total. The molecular formula is C25H31F4NO5. The first-order chi connectivity index (χ1) is 16.6. The molecule has 0 fully saturated rings. The lowest BCUT2D eigenvalue weighted by Gasteiger charge is -2.17. The van der Waals surface area contributed by atoms with Crippen LogP contribution in [-0.4, -0.2) is 35.1 Å². The number of aromatic nitrogens is 1. The first-order valence-corrected chi connectivity index (χ1v) is 11.5. The topological polar surface area (TPSA) is 77.9 Å². The number of carboxylic acid groups (broad SMARTS) is 1. The maximum absolute atomic E-state index is 13.8. The van der Waals surface area contributed by atoms with Gasteiger partial charge in [0.25, 0.3) is 0 Å². The van der Waals surface area contributed by atoms with Crippen LogP contribution in [0.5, 0.6) is 5.75 Å². The van der Waals surface area contributed by atoms with Crippen LogP contribution in [-0.2, 0) is 27.5 Å². The summed E-state index contributed by atoms with van der Waals surface area (Å²) in [6.45, 7) is 4.84. The number of pyridine rings is 1. The zero-order valence-electron chi connectivity index (χ0n) is 19.8. The Kier molecular flexibility index (Phi) is 11.4. The van der Waals surface area contributed by atoms with Crippen molar-refractivity contribution in [2.45, 2.75) is 77.5 Å². The predicted octanol–water partition coefficient (Wildman–Crippen LogP) is 6.38. The first kappa shape index (κ1) is 28.5. The largest absolute Gasteiger partial charge is 0.573 e. The van der Waals surface area contributed by atoms with Crippen molar-refractivity contribution in [2.24, 2.45) is 0 Å². The number of benzene rings is 1. The van der Waals surface area contributed by atoms with Crippen molar-refractivity contribution >= 4 is 5.97 Å². The molecule has 0 saturated carbocycles. The molecule has 2 aromatic rings. The highest BCUT2D eigenvalue weighted by Gasteiger charge is 2.32. The molecule has 2 rings (SSSR count). The van der Waals surface area contributed by atoms with Gasteiger partial charge in [-0.3, -0.25) is 9.78 Å². The molecule has 35 heavy (non-hydrogen) atoms. The molecule has 10 heteroatoms. The van der Waals surface area contributed by atoms with E-state index in [9.17, 15) is 22.4 Å². The lowest BCUT2D eigenvalue weighted by Crippen LogP contribution is -2.18. The van der Waals surface area contributed by atoms with E-state index in [4.69, 9.17) is 14.6 Å². The van der Waals surface area contributed by atoms with Gasteiger partial charge in [-0.15, -0.1) is 13.2 Å². The van der Waals surface area contributed by atoms with Gasteiger partial charge in [0, 0.05) is 25.4 Å². The molecule has 0 bridgehead atoms. The summed E-state index contributed by atoms with van der Waals surface area (Å²) in [4.78, 5) is 15.0. The summed E-state index contributed by atoms with van der Waals surface area (Å²) in [6.07, 6.45) is 1.50. The fourth-order valence-electron chi connectivity index (χ4n) is 3.48. The zero-order valence-corrected chi connectivity index (χ0v) is 19.8. The lowest BCUT2D eigenvalue weighted by molar-refractivity contribution is -0.275. The summed E-state index contributed by atoms with van der Waals surface area (Å²) in [5.74, 6) is -2.60. The number of hydrogen-bond acceptors (Lipinski definition) is 5. The second-order valence-electron chi connectivity index (χ2n) is 8.31. The molecule has 1 unspecified atom stereocenters. The van der Waals surface area contributed by atoms with Crippen molar-refractivity contribution in [1.29, 1.82) is 0 Å². The highest BCUT2D eigenvalue weighted by Crippen LogP contribution is 2.26. The Morgan fingerprint density at radius 1 is 1.11 bits per heavy atom. The van der Waals surface area contributed by atoms with Crippen LogP contribution in [0.4, 0.5) is 17.6 Å². The van der Waals surface area contributed by atoms with Crippen molar-refractivity contribution < 1.29 is 41.7 Å². The Morgan fingerprint density at radius 3 is 2.51 bits per heavy atom. The van der Waals surface area contributed by atoms with E-state index in [1.165, 1.54) is 6.07 Å². The fraction of sp³-hybridized carbons (Fsp3) is 0.520. The first-order valence-electron chi connectivity index (χ1n) is 11.5. The molecule has 1 aromatic heterocycles. The maximum Gasteiger partial charge on any atom is 0.573 e. The Labute approximate surface area is 202 Å². The summed E-state index contributed by atoms with van der Waals surface area (Å²) < 4.78 is 65.5. The van der Waals surface area contributed by atoms with Gasteiger partial charge in [-0.05, 0) is 60.4 Å². The average Bonchev–Trinajstić information content (AvgIpc) is 2.79. The van der Waals surface area contributed by atoms with Crippen molar-refractivity contribution in [3.8, 4) is 5.75 Å². The Morgan fingerprint density at radius 2 is 1.86 bits per heavy atom. The van der Waals surface area contributed by atoms with E-state index in [-0.39, 0.29) is 31.7 Å². The fourth-order valence-corrected chi connectivity index (χ4v) is 3.48. The second-order valence-corrected chi connectivity index (χ2v) is 8.31. The van der Waals surface area contributed by atoms with Gasteiger partial charge in [0.05, 0.1) is 19.3 Å². The van der Waals surface area contributed by atoms with Gasteiger partial charge in [0.15, 0.2) is 11.6 Å². The van der Waals surface area contributed by atoms with Gasteiger partial charge < -0.3 is 19.3 Å². The summed E-state index contributed by atoms with van der Waals surface area (Å²) in [5, 5.41) is 8.79. The zero-order chi connectivity index (χ0) is 25.8. The van der Waals surface area contributed by atoms with E-state index < -0.39 is 23.9 Å². The van der Waals surface area contributed by atoms with Crippen molar-refractivity contribution in [2.75, 3.05) is 6.61 Å². The molecule has 0 aliphatic rings. The van der Waals surface area contributed by atoms with Crippen LogP contribution < -0.4 is 4.74 Å². The number of carbonyl (C=O) groups is 1. The van der Waals surface area contributed by atoms with E-state index in [0.29, 0.717) is 18.6 Å². The summed E-state index contributed by atoms with van der Waals surface area (Å²) in [6, 6.07) is 5.16. The number of ether oxygens (including phenoxy) is 3. The summed E-state index contributed by atoms with van der Waals surface area (Å²) >= 11 is 0. The van der Waals surface area contributed by atoms with Gasteiger partial charge >= 0.3 is 12.3 Å². The smallest absolute Gasteiger partial charge is 0.481 e. The highest BCUT2D eigenvalue weighted by molar-refractivity contribution is 5.66. The molecule has 0 aliphatic carbocycles. The minimum Gasteiger partial charge on any atom is -0.481 e. The molecule has 0 aliphatic heterocycles. The molecule has 0 amide bonds. The van der Waals surface area contributed by atoms with E-state index in [2.05, 4.69) is 16.6 Å². The van der Waals surface area contributed by atoms with E-state index >= 15 is 0 Å². The van der Waals surface area contributed by atoms with E-state index in [0.717, 1.165) is 42.5 Å². The van der Waals surface area contributed by atoms with Crippen molar-refractivity contribution in [1.82, 2.24) is 4.98 Å². The highest BCUT2D eigenvalue weighted by atomic mass is 19.4. The third kappa shape index (κ3) is 11.0. The minimum absolute atomic E-state index is 0.0147. The number of rotatable bonds is 15. The van der Waals surface area contributed by atoms with E-state index in [1.54, 1.807) is 12.4 Å². The number of carboxylic acids is 1. The number of halogens is 4. The van der Waals surface area contributed by atoms with Gasteiger partial charge in [-0.1, -0.05) is 26.0 Å². The Hall–Kier alpha value is -2.72. The lowest BCUT2D eigenvalue weighted by atomic mass is 9.97. The molecule has 2 atom stereocenters. The van der Waals surface area contributed by atoms with Crippen molar-refractivity contribution in [3.05, 3.63) is 59.2 Å². The Balaban J connectivity index is 1.77. The minimum atomic E-state index is -4.96. The molecule has 194 valence electrons. The Bertz CT molecular complexity index is 938. The normalized spacial score (nSPS) is 13.4. The van der Waals surface area contributed by atoms with Crippen LogP contribution >= 0.6 is 0 Å². The van der Waals surface area contributed by atoms with Crippen LogP contribution in [0.15, 0.2) is 36.7 Å². The molecule has 1 heterocycles. The number of aliphatic carboxylic acids is 1.